The van der Waals surface area contributed by atoms with Gasteiger partial charge in [0, 0.05) is 5.92 Å². The summed E-state index contributed by atoms with van der Waals surface area (Å²) in [5.41, 5.74) is 0. The van der Waals surface area contributed by atoms with Crippen molar-refractivity contribution in [3.63, 3.8) is 0 Å². The SMILES string of the molecule is CC(C)C(C)C(C)C(=O)Cl. The quantitative estimate of drug-likeness (QED) is 0.584. The van der Waals surface area contributed by atoms with Gasteiger partial charge in [-0.3, -0.25) is 4.79 Å². The molecule has 2 unspecified atom stereocenters. The Kier molecular flexibility index (Phi) is 3.95. The highest BCUT2D eigenvalue weighted by Crippen LogP contribution is 2.21. The van der Waals surface area contributed by atoms with Crippen LogP contribution in [-0.4, -0.2) is 5.24 Å². The Bertz CT molecular complexity index is 120. The van der Waals surface area contributed by atoms with Crippen molar-refractivity contribution in [2.75, 3.05) is 0 Å². The average molecular weight is 163 g/mol. The number of hydrogen-bond donors (Lipinski definition) is 0. The van der Waals surface area contributed by atoms with Crippen LogP contribution in [0.25, 0.3) is 0 Å². The van der Waals surface area contributed by atoms with E-state index in [2.05, 4.69) is 20.8 Å². The van der Waals surface area contributed by atoms with Crippen molar-refractivity contribution in [1.82, 2.24) is 0 Å². The minimum atomic E-state index is -0.221. The first-order valence-corrected chi connectivity index (χ1v) is 4.04. The molecule has 0 aromatic rings. The van der Waals surface area contributed by atoms with Crippen molar-refractivity contribution < 1.29 is 4.79 Å². The van der Waals surface area contributed by atoms with Crippen LogP contribution in [0.1, 0.15) is 27.7 Å². The zero-order chi connectivity index (χ0) is 8.31. The number of halogens is 1. The van der Waals surface area contributed by atoms with Gasteiger partial charge >= 0.3 is 0 Å². The lowest BCUT2D eigenvalue weighted by atomic mass is 9.87. The first-order valence-electron chi connectivity index (χ1n) is 3.66. The second kappa shape index (κ2) is 3.97. The molecule has 0 aromatic heterocycles. The van der Waals surface area contributed by atoms with Gasteiger partial charge in [-0.15, -0.1) is 0 Å². The minimum absolute atomic E-state index is 0.0123. The molecule has 2 atom stereocenters. The molecule has 0 aromatic carbocycles. The molecule has 0 heterocycles. The summed E-state index contributed by atoms with van der Waals surface area (Å²) in [6, 6.07) is 0. The Hall–Kier alpha value is -0.0400. The van der Waals surface area contributed by atoms with E-state index >= 15 is 0 Å². The molecule has 10 heavy (non-hydrogen) atoms. The summed E-state index contributed by atoms with van der Waals surface area (Å²) in [6.45, 7) is 8.12. The number of carbonyl (C=O) groups is 1. The van der Waals surface area contributed by atoms with Gasteiger partial charge in [0.05, 0.1) is 0 Å². The molecule has 0 aliphatic heterocycles. The smallest absolute Gasteiger partial charge is 0.224 e. The van der Waals surface area contributed by atoms with Crippen molar-refractivity contribution >= 4 is 16.8 Å². The lowest BCUT2D eigenvalue weighted by molar-refractivity contribution is -0.116. The fourth-order valence-electron chi connectivity index (χ4n) is 0.784. The average Bonchev–Trinajstić information content (AvgIpc) is 1.84. The molecule has 0 saturated heterocycles. The molecule has 0 radical (unpaired) electrons. The van der Waals surface area contributed by atoms with Gasteiger partial charge in [-0.1, -0.05) is 27.7 Å². The van der Waals surface area contributed by atoms with E-state index in [4.69, 9.17) is 11.6 Å². The highest BCUT2D eigenvalue weighted by Gasteiger charge is 2.20. The van der Waals surface area contributed by atoms with Crippen LogP contribution in [0.2, 0.25) is 0 Å². The minimum Gasteiger partial charge on any atom is -0.281 e. The van der Waals surface area contributed by atoms with Gasteiger partial charge in [0.2, 0.25) is 5.24 Å². The monoisotopic (exact) mass is 162 g/mol. The first-order chi connectivity index (χ1) is 4.46. The van der Waals surface area contributed by atoms with E-state index in [1.54, 1.807) is 0 Å². The van der Waals surface area contributed by atoms with E-state index in [0.29, 0.717) is 11.8 Å². The van der Waals surface area contributed by atoms with E-state index < -0.39 is 0 Å². The standard InChI is InChI=1S/C8H15ClO/c1-5(2)6(3)7(4)8(9)10/h5-7H,1-4H3. The number of carbonyl (C=O) groups excluding carboxylic acids is 1. The van der Waals surface area contributed by atoms with Gasteiger partial charge < -0.3 is 0 Å². The maximum absolute atomic E-state index is 10.7. The van der Waals surface area contributed by atoms with Gasteiger partial charge in [-0.2, -0.15) is 0 Å². The van der Waals surface area contributed by atoms with Gasteiger partial charge in [-0.05, 0) is 23.4 Å². The highest BCUT2D eigenvalue weighted by atomic mass is 35.5. The second-order valence-corrected chi connectivity index (χ2v) is 3.57. The molecule has 0 aliphatic carbocycles. The molecule has 1 nitrogen and oxygen atoms in total. The van der Waals surface area contributed by atoms with E-state index in [1.807, 2.05) is 6.92 Å². The van der Waals surface area contributed by atoms with Crippen LogP contribution in [0.15, 0.2) is 0 Å². The fourth-order valence-corrected chi connectivity index (χ4v) is 0.983. The zero-order valence-electron chi connectivity index (χ0n) is 7.02. The predicted molar refractivity (Wildman–Crippen MR) is 44.0 cm³/mol. The van der Waals surface area contributed by atoms with Crippen molar-refractivity contribution in [2.45, 2.75) is 27.7 Å². The normalized spacial score (nSPS) is 17.0. The molecule has 60 valence electrons. The molecule has 0 aliphatic rings. The number of rotatable bonds is 3. The fraction of sp³-hybridized carbons (Fsp3) is 0.875. The lowest BCUT2D eigenvalue weighted by Crippen LogP contribution is -2.18. The third kappa shape index (κ3) is 2.70. The maximum atomic E-state index is 10.7. The van der Waals surface area contributed by atoms with Crippen LogP contribution >= 0.6 is 11.6 Å². The van der Waals surface area contributed by atoms with Gasteiger partial charge in [-0.25, -0.2) is 0 Å². The second-order valence-electron chi connectivity index (χ2n) is 3.20. The van der Waals surface area contributed by atoms with Crippen molar-refractivity contribution in [2.24, 2.45) is 17.8 Å². The predicted octanol–water partition coefficient (Wildman–Crippen LogP) is 2.68. The molecular formula is C8H15ClO. The third-order valence-corrected chi connectivity index (χ3v) is 2.54. The molecule has 0 amide bonds. The van der Waals surface area contributed by atoms with Crippen molar-refractivity contribution in [1.29, 1.82) is 0 Å². The topological polar surface area (TPSA) is 17.1 Å². The van der Waals surface area contributed by atoms with Crippen LogP contribution in [0.3, 0.4) is 0 Å². The summed E-state index contributed by atoms with van der Waals surface area (Å²) in [7, 11) is 0. The first kappa shape index (κ1) is 9.96. The Morgan fingerprint density at radius 3 is 1.70 bits per heavy atom. The maximum Gasteiger partial charge on any atom is 0.224 e. The van der Waals surface area contributed by atoms with Crippen LogP contribution in [0, 0.1) is 17.8 Å². The van der Waals surface area contributed by atoms with Gasteiger partial charge in [0.15, 0.2) is 0 Å². The highest BCUT2D eigenvalue weighted by molar-refractivity contribution is 6.63. The van der Waals surface area contributed by atoms with E-state index in [9.17, 15) is 4.79 Å². The number of hydrogen-bond acceptors (Lipinski definition) is 1. The molecule has 0 spiro atoms. The Morgan fingerprint density at radius 2 is 1.60 bits per heavy atom. The van der Waals surface area contributed by atoms with Gasteiger partial charge in [0.1, 0.15) is 0 Å². The summed E-state index contributed by atoms with van der Waals surface area (Å²) in [4.78, 5) is 10.7. The molecule has 0 N–H and O–H groups in total. The Balaban J connectivity index is 3.94. The van der Waals surface area contributed by atoms with E-state index in [-0.39, 0.29) is 11.2 Å². The zero-order valence-corrected chi connectivity index (χ0v) is 7.77. The molecular weight excluding hydrogens is 148 g/mol. The summed E-state index contributed by atoms with van der Waals surface area (Å²) in [5.74, 6) is 0.893. The van der Waals surface area contributed by atoms with Crippen LogP contribution in [0.5, 0.6) is 0 Å². The van der Waals surface area contributed by atoms with Crippen LogP contribution in [0.4, 0.5) is 0 Å². The summed E-state index contributed by atoms with van der Waals surface area (Å²) < 4.78 is 0. The Labute approximate surface area is 67.8 Å². The van der Waals surface area contributed by atoms with Crippen LogP contribution < -0.4 is 0 Å². The largest absolute Gasteiger partial charge is 0.281 e. The summed E-state index contributed by atoms with van der Waals surface area (Å²) in [6.07, 6.45) is 0. The summed E-state index contributed by atoms with van der Waals surface area (Å²) >= 11 is 5.33. The van der Waals surface area contributed by atoms with E-state index in [1.165, 1.54) is 0 Å². The van der Waals surface area contributed by atoms with Crippen molar-refractivity contribution in [3.8, 4) is 0 Å². The van der Waals surface area contributed by atoms with E-state index in [0.717, 1.165) is 0 Å². The molecule has 2 heteroatoms. The Morgan fingerprint density at radius 1 is 1.20 bits per heavy atom. The molecule has 0 bridgehead atoms. The molecule has 0 rings (SSSR count). The molecule has 0 fully saturated rings. The molecule has 0 saturated carbocycles. The summed E-state index contributed by atoms with van der Waals surface area (Å²) in [5, 5.41) is -0.221. The lowest BCUT2D eigenvalue weighted by Gasteiger charge is -2.19. The third-order valence-electron chi connectivity index (χ3n) is 2.20. The van der Waals surface area contributed by atoms with Gasteiger partial charge in [0.25, 0.3) is 0 Å². The van der Waals surface area contributed by atoms with Crippen molar-refractivity contribution in [3.05, 3.63) is 0 Å². The van der Waals surface area contributed by atoms with Crippen LogP contribution in [-0.2, 0) is 4.79 Å².